The first-order valence-corrected chi connectivity index (χ1v) is 7.16. The molecule has 1 heterocycles. The monoisotopic (exact) mass is 262 g/mol. The fourth-order valence-corrected chi connectivity index (χ4v) is 2.91. The zero-order chi connectivity index (χ0) is 13.9. The highest BCUT2D eigenvalue weighted by Crippen LogP contribution is 2.33. The quantitative estimate of drug-likeness (QED) is 0.821. The maximum absolute atomic E-state index is 9.58. The van der Waals surface area contributed by atoms with E-state index in [1.807, 2.05) is 6.07 Å². The molecule has 0 aromatic heterocycles. The second-order valence-electron chi connectivity index (χ2n) is 5.19. The normalized spacial score (nSPS) is 17.4. The maximum Gasteiger partial charge on any atom is 0.142 e. The molecule has 0 aliphatic carbocycles. The molecule has 3 rings (SSSR count). The van der Waals surface area contributed by atoms with Crippen LogP contribution in [-0.2, 0) is 12.8 Å². The average Bonchev–Trinajstić information content (AvgIpc) is 2.54. The van der Waals surface area contributed by atoms with Crippen molar-refractivity contribution in [2.75, 3.05) is 11.4 Å². The Morgan fingerprint density at radius 3 is 2.60 bits per heavy atom. The van der Waals surface area contributed by atoms with Crippen LogP contribution in [-0.4, -0.2) is 6.54 Å². The standard InChI is InChI=1S/C18H18N2/c1-2-14-7-9-16(10-8-14)20-12-11-15-5-3-4-6-17(15)18(20)13-19/h3-10,18H,2,11-12H2,1H3. The Hall–Kier alpha value is -2.27. The van der Waals surface area contributed by atoms with Gasteiger partial charge in [-0.05, 0) is 41.7 Å². The van der Waals surface area contributed by atoms with Crippen LogP contribution in [0.5, 0.6) is 0 Å². The minimum absolute atomic E-state index is 0.174. The second-order valence-corrected chi connectivity index (χ2v) is 5.19. The van der Waals surface area contributed by atoms with E-state index in [0.29, 0.717) is 0 Å². The Morgan fingerprint density at radius 2 is 1.90 bits per heavy atom. The minimum Gasteiger partial charge on any atom is -0.352 e. The highest BCUT2D eigenvalue weighted by molar-refractivity contribution is 5.55. The summed E-state index contributed by atoms with van der Waals surface area (Å²) in [5.74, 6) is 0. The van der Waals surface area contributed by atoms with Gasteiger partial charge >= 0.3 is 0 Å². The summed E-state index contributed by atoms with van der Waals surface area (Å²) in [5, 5.41) is 9.58. The van der Waals surface area contributed by atoms with Gasteiger partial charge < -0.3 is 4.90 Å². The molecule has 20 heavy (non-hydrogen) atoms. The third-order valence-electron chi connectivity index (χ3n) is 4.08. The van der Waals surface area contributed by atoms with Gasteiger partial charge in [0.25, 0.3) is 0 Å². The summed E-state index contributed by atoms with van der Waals surface area (Å²) in [4.78, 5) is 2.21. The first-order chi connectivity index (χ1) is 9.83. The maximum atomic E-state index is 9.58. The fourth-order valence-electron chi connectivity index (χ4n) is 2.91. The number of nitriles is 1. The van der Waals surface area contributed by atoms with Crippen molar-refractivity contribution >= 4 is 5.69 Å². The van der Waals surface area contributed by atoms with Crippen LogP contribution in [0.25, 0.3) is 0 Å². The molecule has 1 aliphatic rings. The molecule has 0 spiro atoms. The number of anilines is 1. The van der Waals surface area contributed by atoms with E-state index < -0.39 is 0 Å². The summed E-state index contributed by atoms with van der Waals surface area (Å²) in [6.07, 6.45) is 2.05. The van der Waals surface area contributed by atoms with Crippen molar-refractivity contribution in [2.45, 2.75) is 25.8 Å². The lowest BCUT2D eigenvalue weighted by molar-refractivity contribution is 0.676. The van der Waals surface area contributed by atoms with Gasteiger partial charge in [-0.2, -0.15) is 5.26 Å². The number of fused-ring (bicyclic) bond motifs is 1. The predicted octanol–water partition coefficient (Wildman–Crippen LogP) is 3.88. The van der Waals surface area contributed by atoms with Crippen LogP contribution in [0, 0.1) is 11.3 Å². The zero-order valence-corrected chi connectivity index (χ0v) is 11.7. The van der Waals surface area contributed by atoms with Gasteiger partial charge in [-0.25, -0.2) is 0 Å². The van der Waals surface area contributed by atoms with Gasteiger partial charge in [0.2, 0.25) is 0 Å². The molecule has 1 aliphatic heterocycles. The highest BCUT2D eigenvalue weighted by Gasteiger charge is 2.26. The Balaban J connectivity index is 1.96. The molecule has 0 N–H and O–H groups in total. The molecule has 1 unspecified atom stereocenters. The summed E-state index contributed by atoms with van der Waals surface area (Å²) in [6.45, 7) is 3.06. The summed E-state index contributed by atoms with van der Waals surface area (Å²) in [6, 6.07) is 19.2. The van der Waals surface area contributed by atoms with Crippen molar-refractivity contribution in [3.8, 4) is 6.07 Å². The fraction of sp³-hybridized carbons (Fsp3) is 0.278. The Labute approximate surface area is 120 Å². The SMILES string of the molecule is CCc1ccc(N2CCc3ccccc3C2C#N)cc1. The first kappa shape index (κ1) is 12.7. The van der Waals surface area contributed by atoms with Gasteiger partial charge in [0.05, 0.1) is 6.07 Å². The van der Waals surface area contributed by atoms with Crippen LogP contribution in [0.3, 0.4) is 0 Å². The van der Waals surface area contributed by atoms with Crippen LogP contribution in [0.2, 0.25) is 0 Å². The number of aryl methyl sites for hydroxylation is 1. The highest BCUT2D eigenvalue weighted by atomic mass is 15.2. The van der Waals surface area contributed by atoms with Gasteiger partial charge in [-0.1, -0.05) is 43.3 Å². The van der Waals surface area contributed by atoms with E-state index in [2.05, 4.69) is 60.4 Å². The molecule has 0 amide bonds. The first-order valence-electron chi connectivity index (χ1n) is 7.16. The summed E-state index contributed by atoms with van der Waals surface area (Å²) in [5.41, 5.74) is 4.93. The largest absolute Gasteiger partial charge is 0.352 e. The van der Waals surface area contributed by atoms with Gasteiger partial charge in [0, 0.05) is 12.2 Å². The van der Waals surface area contributed by atoms with E-state index in [-0.39, 0.29) is 6.04 Å². The molecule has 100 valence electrons. The van der Waals surface area contributed by atoms with E-state index in [9.17, 15) is 5.26 Å². The lowest BCUT2D eigenvalue weighted by Gasteiger charge is -2.35. The molecule has 1 atom stereocenters. The van der Waals surface area contributed by atoms with Crippen molar-refractivity contribution in [3.63, 3.8) is 0 Å². The summed E-state index contributed by atoms with van der Waals surface area (Å²) >= 11 is 0. The van der Waals surface area contributed by atoms with Crippen LogP contribution >= 0.6 is 0 Å². The van der Waals surface area contributed by atoms with Gasteiger partial charge in [0.1, 0.15) is 6.04 Å². The van der Waals surface area contributed by atoms with E-state index in [0.717, 1.165) is 30.6 Å². The van der Waals surface area contributed by atoms with Crippen molar-refractivity contribution in [3.05, 3.63) is 65.2 Å². The molecule has 0 saturated heterocycles. The third kappa shape index (κ3) is 2.16. The molecule has 0 bridgehead atoms. The summed E-state index contributed by atoms with van der Waals surface area (Å²) < 4.78 is 0. The summed E-state index contributed by atoms with van der Waals surface area (Å²) in [7, 11) is 0. The molecule has 2 heteroatoms. The molecule has 2 aromatic carbocycles. The van der Waals surface area contributed by atoms with Crippen molar-refractivity contribution in [1.29, 1.82) is 5.26 Å². The lowest BCUT2D eigenvalue weighted by atomic mass is 9.93. The topological polar surface area (TPSA) is 27.0 Å². The molecular weight excluding hydrogens is 244 g/mol. The Morgan fingerprint density at radius 1 is 1.15 bits per heavy atom. The number of hydrogen-bond acceptors (Lipinski definition) is 2. The molecule has 2 nitrogen and oxygen atoms in total. The van der Waals surface area contributed by atoms with E-state index in [4.69, 9.17) is 0 Å². The van der Waals surface area contributed by atoms with E-state index in [1.165, 1.54) is 11.1 Å². The minimum atomic E-state index is -0.174. The smallest absolute Gasteiger partial charge is 0.142 e. The van der Waals surface area contributed by atoms with Crippen LogP contribution in [0.1, 0.15) is 29.7 Å². The van der Waals surface area contributed by atoms with Crippen molar-refractivity contribution < 1.29 is 0 Å². The number of hydrogen-bond donors (Lipinski definition) is 0. The lowest BCUT2D eigenvalue weighted by Crippen LogP contribution is -2.34. The van der Waals surface area contributed by atoms with E-state index >= 15 is 0 Å². The molecule has 0 saturated carbocycles. The van der Waals surface area contributed by atoms with Crippen molar-refractivity contribution in [1.82, 2.24) is 0 Å². The Kier molecular flexibility index (Phi) is 3.43. The van der Waals surface area contributed by atoms with Gasteiger partial charge in [-0.3, -0.25) is 0 Å². The second kappa shape index (κ2) is 5.38. The Bertz CT molecular complexity index is 637. The molecule has 0 radical (unpaired) electrons. The molecule has 0 fully saturated rings. The van der Waals surface area contributed by atoms with Crippen LogP contribution in [0.4, 0.5) is 5.69 Å². The number of rotatable bonds is 2. The molecular formula is C18H18N2. The van der Waals surface area contributed by atoms with Crippen LogP contribution in [0.15, 0.2) is 48.5 Å². The average molecular weight is 262 g/mol. The third-order valence-corrected chi connectivity index (χ3v) is 4.08. The zero-order valence-electron chi connectivity index (χ0n) is 11.7. The number of benzene rings is 2. The predicted molar refractivity (Wildman–Crippen MR) is 81.7 cm³/mol. The van der Waals surface area contributed by atoms with E-state index in [1.54, 1.807) is 0 Å². The van der Waals surface area contributed by atoms with Crippen molar-refractivity contribution in [2.24, 2.45) is 0 Å². The van der Waals surface area contributed by atoms with Crippen LogP contribution < -0.4 is 4.90 Å². The van der Waals surface area contributed by atoms with Gasteiger partial charge in [-0.15, -0.1) is 0 Å². The number of nitrogens with zero attached hydrogens (tertiary/aromatic N) is 2. The molecule has 2 aromatic rings. The van der Waals surface area contributed by atoms with Gasteiger partial charge in [0.15, 0.2) is 0 Å².